The SMILES string of the molecule is c1ccc(-c2cccc3c2oc2ccc(N(c4ccc(-c5ccc6ccc7ccccc7c6c5)cc4)c4cccc5c4oc4cccc(-c6ccccc6)c45)cc23)cc1. The Morgan fingerprint density at radius 2 is 0.915 bits per heavy atom. The lowest BCUT2D eigenvalue weighted by Gasteiger charge is -2.26. The van der Waals surface area contributed by atoms with Crippen LogP contribution in [0.1, 0.15) is 0 Å². The molecule has 2 aromatic heterocycles. The normalized spacial score (nSPS) is 11.7. The maximum atomic E-state index is 6.89. The van der Waals surface area contributed by atoms with Crippen molar-refractivity contribution in [2.24, 2.45) is 0 Å². The van der Waals surface area contributed by atoms with Gasteiger partial charge in [0.2, 0.25) is 0 Å². The summed E-state index contributed by atoms with van der Waals surface area (Å²) in [5, 5.41) is 9.33. The Morgan fingerprint density at radius 1 is 0.305 bits per heavy atom. The maximum Gasteiger partial charge on any atom is 0.159 e. The lowest BCUT2D eigenvalue weighted by Crippen LogP contribution is -2.10. The zero-order chi connectivity index (χ0) is 38.9. The summed E-state index contributed by atoms with van der Waals surface area (Å²) in [5.74, 6) is 0. The van der Waals surface area contributed by atoms with Crippen molar-refractivity contribution in [3.05, 3.63) is 212 Å². The number of rotatable bonds is 6. The van der Waals surface area contributed by atoms with Crippen molar-refractivity contribution in [2.75, 3.05) is 4.90 Å². The monoisotopic (exact) mass is 753 g/mol. The first-order valence-corrected chi connectivity index (χ1v) is 20.1. The van der Waals surface area contributed by atoms with Crippen molar-refractivity contribution in [1.82, 2.24) is 0 Å². The number of fused-ring (bicyclic) bond motifs is 9. The van der Waals surface area contributed by atoms with E-state index in [1.54, 1.807) is 0 Å². The Balaban J connectivity index is 1.05. The number of furan rings is 2. The number of para-hydroxylation sites is 2. The highest BCUT2D eigenvalue weighted by molar-refractivity contribution is 6.17. The molecule has 2 heterocycles. The molecule has 276 valence electrons. The highest BCUT2D eigenvalue weighted by Gasteiger charge is 2.22. The van der Waals surface area contributed by atoms with Crippen LogP contribution in [0.5, 0.6) is 0 Å². The predicted molar refractivity (Wildman–Crippen MR) is 247 cm³/mol. The van der Waals surface area contributed by atoms with Crippen LogP contribution in [0.3, 0.4) is 0 Å². The Morgan fingerprint density at radius 3 is 1.75 bits per heavy atom. The fraction of sp³-hybridized carbons (Fsp3) is 0. The van der Waals surface area contributed by atoms with Crippen molar-refractivity contribution in [2.45, 2.75) is 0 Å². The van der Waals surface area contributed by atoms with Gasteiger partial charge < -0.3 is 13.7 Å². The average molecular weight is 754 g/mol. The zero-order valence-electron chi connectivity index (χ0n) is 32.0. The standard InChI is InChI=1S/C56H35NO2/c1-3-12-37(13-4-1)45-18-11-23-53-54(45)48-21-10-22-51(56(48)59-53)57(43-32-33-52-50(35-43)47-20-9-19-46(55(47)58-52)38-14-5-2-6-15-38)42-30-28-36(29-31-42)41-27-26-40-25-24-39-16-7-8-17-44(39)49(40)34-41/h1-35H. The molecule has 0 bridgehead atoms. The van der Waals surface area contributed by atoms with Crippen LogP contribution in [0.25, 0.3) is 98.8 Å². The molecule has 0 radical (unpaired) electrons. The Hall–Kier alpha value is -7.88. The third kappa shape index (κ3) is 5.44. The molecule has 3 heteroatoms. The van der Waals surface area contributed by atoms with E-state index >= 15 is 0 Å². The molecule has 0 aliphatic heterocycles. The third-order valence-corrected chi connectivity index (χ3v) is 11.9. The Kier molecular flexibility index (Phi) is 7.54. The van der Waals surface area contributed by atoms with Crippen LogP contribution < -0.4 is 4.90 Å². The molecule has 0 saturated carbocycles. The third-order valence-electron chi connectivity index (χ3n) is 11.9. The molecule has 0 N–H and O–H groups in total. The second-order valence-electron chi connectivity index (χ2n) is 15.2. The van der Waals surface area contributed by atoms with Gasteiger partial charge >= 0.3 is 0 Å². The van der Waals surface area contributed by atoms with Gasteiger partial charge in [0.1, 0.15) is 16.7 Å². The van der Waals surface area contributed by atoms with Crippen LogP contribution >= 0.6 is 0 Å². The minimum atomic E-state index is 0.833. The fourth-order valence-electron chi connectivity index (χ4n) is 9.05. The van der Waals surface area contributed by atoms with E-state index in [-0.39, 0.29) is 0 Å². The lowest BCUT2D eigenvalue weighted by molar-refractivity contribution is 0.669. The van der Waals surface area contributed by atoms with Crippen LogP contribution in [0.2, 0.25) is 0 Å². The van der Waals surface area contributed by atoms with Gasteiger partial charge in [-0.2, -0.15) is 0 Å². The first-order valence-electron chi connectivity index (χ1n) is 20.1. The van der Waals surface area contributed by atoms with Crippen molar-refractivity contribution in [3.8, 4) is 33.4 Å². The van der Waals surface area contributed by atoms with E-state index < -0.39 is 0 Å². The van der Waals surface area contributed by atoms with Crippen LogP contribution in [0.4, 0.5) is 17.1 Å². The molecule has 0 unspecified atom stereocenters. The van der Waals surface area contributed by atoms with Crippen LogP contribution in [0, 0.1) is 0 Å². The molecular weight excluding hydrogens is 719 g/mol. The molecule has 10 aromatic carbocycles. The smallest absolute Gasteiger partial charge is 0.159 e. The van der Waals surface area contributed by atoms with Gasteiger partial charge in [-0.25, -0.2) is 0 Å². The first-order chi connectivity index (χ1) is 29.2. The summed E-state index contributed by atoms with van der Waals surface area (Å²) in [5.41, 5.74) is 13.3. The zero-order valence-corrected chi connectivity index (χ0v) is 32.0. The lowest BCUT2D eigenvalue weighted by atomic mass is 9.97. The summed E-state index contributed by atoms with van der Waals surface area (Å²) in [6.07, 6.45) is 0. The second kappa shape index (κ2) is 13.4. The van der Waals surface area contributed by atoms with Gasteiger partial charge in [-0.3, -0.25) is 0 Å². The molecule has 0 aliphatic rings. The number of hydrogen-bond acceptors (Lipinski definition) is 3. The Labute approximate surface area is 340 Å². The predicted octanol–water partition coefficient (Wildman–Crippen LogP) is 16.3. The van der Waals surface area contributed by atoms with Crippen molar-refractivity contribution < 1.29 is 8.83 Å². The van der Waals surface area contributed by atoms with Gasteiger partial charge in [0.15, 0.2) is 5.58 Å². The van der Waals surface area contributed by atoms with Crippen LogP contribution in [0.15, 0.2) is 221 Å². The molecule has 3 nitrogen and oxygen atoms in total. The minimum Gasteiger partial charge on any atom is -0.455 e. The van der Waals surface area contributed by atoms with E-state index in [4.69, 9.17) is 8.83 Å². The average Bonchev–Trinajstić information content (AvgIpc) is 3.89. The molecule has 0 amide bonds. The highest BCUT2D eigenvalue weighted by Crippen LogP contribution is 2.46. The summed E-state index contributed by atoms with van der Waals surface area (Å²) >= 11 is 0. The largest absolute Gasteiger partial charge is 0.455 e. The van der Waals surface area contributed by atoms with Crippen LogP contribution in [-0.2, 0) is 0 Å². The van der Waals surface area contributed by atoms with E-state index in [0.29, 0.717) is 0 Å². The van der Waals surface area contributed by atoms with Gasteiger partial charge in [-0.1, -0.05) is 164 Å². The second-order valence-corrected chi connectivity index (χ2v) is 15.2. The van der Waals surface area contributed by atoms with E-state index in [1.165, 1.54) is 27.1 Å². The quantitative estimate of drug-likeness (QED) is 0.158. The fourth-order valence-corrected chi connectivity index (χ4v) is 9.05. The van der Waals surface area contributed by atoms with Crippen molar-refractivity contribution in [3.63, 3.8) is 0 Å². The van der Waals surface area contributed by atoms with Gasteiger partial charge in [0.25, 0.3) is 0 Å². The van der Waals surface area contributed by atoms with Gasteiger partial charge in [0, 0.05) is 38.5 Å². The van der Waals surface area contributed by atoms with Crippen molar-refractivity contribution in [1.29, 1.82) is 0 Å². The number of hydrogen-bond donors (Lipinski definition) is 0. The molecule has 0 aliphatic carbocycles. The van der Waals surface area contributed by atoms with Crippen LogP contribution in [-0.4, -0.2) is 0 Å². The van der Waals surface area contributed by atoms with Gasteiger partial charge in [0.05, 0.1) is 5.69 Å². The molecule has 59 heavy (non-hydrogen) atoms. The molecule has 0 saturated heterocycles. The molecule has 0 atom stereocenters. The van der Waals surface area contributed by atoms with E-state index in [9.17, 15) is 0 Å². The summed E-state index contributed by atoms with van der Waals surface area (Å²) in [6.45, 7) is 0. The summed E-state index contributed by atoms with van der Waals surface area (Å²) in [7, 11) is 0. The van der Waals surface area contributed by atoms with E-state index in [2.05, 4.69) is 211 Å². The molecular formula is C56H35NO2. The first kappa shape index (κ1) is 33.3. The summed E-state index contributed by atoms with van der Waals surface area (Å²) in [4.78, 5) is 2.32. The van der Waals surface area contributed by atoms with Gasteiger partial charge in [-0.15, -0.1) is 0 Å². The molecule has 12 aromatic rings. The topological polar surface area (TPSA) is 29.5 Å². The molecule has 0 spiro atoms. The minimum absolute atomic E-state index is 0.833. The number of anilines is 3. The molecule has 12 rings (SSSR count). The molecule has 0 fully saturated rings. The van der Waals surface area contributed by atoms with E-state index in [1.807, 2.05) is 6.07 Å². The Bertz CT molecular complexity index is 3540. The summed E-state index contributed by atoms with van der Waals surface area (Å²) in [6, 6.07) is 75.6. The number of nitrogens with zero attached hydrogens (tertiary/aromatic N) is 1. The summed E-state index contributed by atoms with van der Waals surface area (Å²) < 4.78 is 13.5. The van der Waals surface area contributed by atoms with Gasteiger partial charge in [-0.05, 0) is 97.9 Å². The highest BCUT2D eigenvalue weighted by atomic mass is 16.3. The van der Waals surface area contributed by atoms with E-state index in [0.717, 1.165) is 88.8 Å². The van der Waals surface area contributed by atoms with Crippen molar-refractivity contribution >= 4 is 82.5 Å². The maximum absolute atomic E-state index is 6.89. The number of benzene rings is 10.